The molecular weight excluding hydrogens is 314 g/mol. The molecule has 0 aromatic carbocycles. The van der Waals surface area contributed by atoms with Gasteiger partial charge in [0.2, 0.25) is 0 Å². The summed E-state index contributed by atoms with van der Waals surface area (Å²) in [7, 11) is 0. The number of amides is 1. The fourth-order valence-corrected chi connectivity index (χ4v) is 2.03. The van der Waals surface area contributed by atoms with E-state index in [-0.39, 0.29) is 6.10 Å². The summed E-state index contributed by atoms with van der Waals surface area (Å²) in [6, 6.07) is 0. The van der Waals surface area contributed by atoms with Gasteiger partial charge in [-0.15, -0.1) is 0 Å². The molecule has 1 N–H and O–H groups in total. The summed E-state index contributed by atoms with van der Waals surface area (Å²) in [6.45, 7) is 9.21. The average molecular weight is 338 g/mol. The zero-order chi connectivity index (χ0) is 14.5. The number of alkyl carbamates (subject to hydrolysis) is 1. The molecule has 6 heteroatoms. The lowest BCUT2D eigenvalue weighted by Gasteiger charge is -2.31. The standard InChI is InChI=1S/C13H24BrNO4/c1-12(2,3)19-11(16)15-9-13(4,8-14)18-10-5-6-17-7-10/h10H,5-9H2,1-4H3,(H,15,16). The van der Waals surface area contributed by atoms with Crippen molar-refractivity contribution in [2.45, 2.75) is 51.4 Å². The van der Waals surface area contributed by atoms with Crippen molar-refractivity contribution in [3.05, 3.63) is 0 Å². The average Bonchev–Trinajstić information content (AvgIpc) is 2.77. The van der Waals surface area contributed by atoms with E-state index in [1.54, 1.807) is 0 Å². The highest BCUT2D eigenvalue weighted by Crippen LogP contribution is 2.20. The third-order valence-corrected chi connectivity index (χ3v) is 3.81. The van der Waals surface area contributed by atoms with E-state index in [1.165, 1.54) is 0 Å². The van der Waals surface area contributed by atoms with Gasteiger partial charge in [-0.05, 0) is 34.1 Å². The maximum absolute atomic E-state index is 11.6. The lowest BCUT2D eigenvalue weighted by molar-refractivity contribution is -0.0671. The molecule has 0 spiro atoms. The summed E-state index contributed by atoms with van der Waals surface area (Å²) in [6.07, 6.45) is 0.573. The van der Waals surface area contributed by atoms with Gasteiger partial charge in [-0.1, -0.05) is 15.9 Å². The van der Waals surface area contributed by atoms with Crippen LogP contribution in [0.25, 0.3) is 0 Å². The van der Waals surface area contributed by atoms with E-state index >= 15 is 0 Å². The predicted molar refractivity (Wildman–Crippen MR) is 76.7 cm³/mol. The molecule has 112 valence electrons. The van der Waals surface area contributed by atoms with Crippen LogP contribution in [-0.2, 0) is 14.2 Å². The Kier molecular flexibility index (Phi) is 6.08. The van der Waals surface area contributed by atoms with Crippen molar-refractivity contribution in [3.8, 4) is 0 Å². The molecule has 1 aliphatic rings. The molecule has 2 atom stereocenters. The van der Waals surface area contributed by atoms with Crippen molar-refractivity contribution in [1.82, 2.24) is 5.32 Å². The van der Waals surface area contributed by atoms with Gasteiger partial charge in [-0.3, -0.25) is 0 Å². The Labute approximate surface area is 123 Å². The summed E-state index contributed by atoms with van der Waals surface area (Å²) >= 11 is 3.43. The van der Waals surface area contributed by atoms with Gasteiger partial charge in [0.25, 0.3) is 0 Å². The minimum Gasteiger partial charge on any atom is -0.444 e. The summed E-state index contributed by atoms with van der Waals surface area (Å²) in [5.41, 5.74) is -0.954. The minimum atomic E-state index is -0.491. The third-order valence-electron chi connectivity index (χ3n) is 2.63. The van der Waals surface area contributed by atoms with E-state index in [1.807, 2.05) is 27.7 Å². The number of halogens is 1. The topological polar surface area (TPSA) is 56.8 Å². The van der Waals surface area contributed by atoms with Gasteiger partial charge in [0, 0.05) is 11.9 Å². The van der Waals surface area contributed by atoms with Gasteiger partial charge in [-0.2, -0.15) is 0 Å². The van der Waals surface area contributed by atoms with Crippen LogP contribution in [0.1, 0.15) is 34.1 Å². The van der Waals surface area contributed by atoms with E-state index in [0.29, 0.717) is 18.5 Å². The Morgan fingerprint density at radius 1 is 1.42 bits per heavy atom. The molecule has 0 bridgehead atoms. The van der Waals surface area contributed by atoms with Gasteiger partial charge in [0.15, 0.2) is 0 Å². The molecule has 1 heterocycles. The number of nitrogens with one attached hydrogen (secondary N) is 1. The van der Waals surface area contributed by atoms with Gasteiger partial charge in [0.1, 0.15) is 5.60 Å². The molecule has 1 saturated heterocycles. The first kappa shape index (κ1) is 16.7. The molecule has 1 amide bonds. The highest BCUT2D eigenvalue weighted by atomic mass is 79.9. The maximum atomic E-state index is 11.6. The molecule has 2 unspecified atom stereocenters. The summed E-state index contributed by atoms with van der Waals surface area (Å²) < 4.78 is 16.5. The van der Waals surface area contributed by atoms with Gasteiger partial charge in [0.05, 0.1) is 24.9 Å². The highest BCUT2D eigenvalue weighted by Gasteiger charge is 2.31. The zero-order valence-electron chi connectivity index (χ0n) is 12.1. The van der Waals surface area contributed by atoms with Crippen molar-refractivity contribution in [2.75, 3.05) is 25.1 Å². The molecular formula is C13H24BrNO4. The smallest absolute Gasteiger partial charge is 0.407 e. The second-order valence-corrected chi connectivity index (χ2v) is 6.60. The van der Waals surface area contributed by atoms with Crippen LogP contribution in [0.2, 0.25) is 0 Å². The predicted octanol–water partition coefficient (Wildman–Crippen LogP) is 2.47. The number of carbonyl (C=O) groups is 1. The van der Waals surface area contributed by atoms with Crippen molar-refractivity contribution in [2.24, 2.45) is 0 Å². The van der Waals surface area contributed by atoms with Crippen molar-refractivity contribution < 1.29 is 19.0 Å². The van der Waals surface area contributed by atoms with Crippen LogP contribution in [0.5, 0.6) is 0 Å². The van der Waals surface area contributed by atoms with Crippen LogP contribution < -0.4 is 5.32 Å². The van der Waals surface area contributed by atoms with Crippen LogP contribution >= 0.6 is 15.9 Å². The van der Waals surface area contributed by atoms with E-state index in [2.05, 4.69) is 21.2 Å². The molecule has 1 rings (SSSR count). The Balaban J connectivity index is 2.39. The fraction of sp³-hybridized carbons (Fsp3) is 0.923. The van der Waals surface area contributed by atoms with Crippen LogP contribution in [0.4, 0.5) is 4.79 Å². The van der Waals surface area contributed by atoms with Crippen molar-refractivity contribution in [3.63, 3.8) is 0 Å². The number of ether oxygens (including phenoxy) is 3. The summed E-state index contributed by atoms with van der Waals surface area (Å²) in [5, 5.41) is 3.38. The molecule has 1 aliphatic heterocycles. The quantitative estimate of drug-likeness (QED) is 0.783. The molecule has 0 aliphatic carbocycles. The monoisotopic (exact) mass is 337 g/mol. The lowest BCUT2D eigenvalue weighted by atomic mass is 10.1. The minimum absolute atomic E-state index is 0.1000. The molecule has 0 radical (unpaired) electrons. The molecule has 0 saturated carbocycles. The van der Waals surface area contributed by atoms with Crippen LogP contribution in [0, 0.1) is 0 Å². The first-order valence-electron chi connectivity index (χ1n) is 6.52. The van der Waals surface area contributed by atoms with E-state index < -0.39 is 17.3 Å². The lowest BCUT2D eigenvalue weighted by Crippen LogP contribution is -2.47. The third kappa shape index (κ3) is 6.58. The highest BCUT2D eigenvalue weighted by molar-refractivity contribution is 9.09. The van der Waals surface area contributed by atoms with Gasteiger partial charge in [-0.25, -0.2) is 4.79 Å². The summed E-state index contributed by atoms with van der Waals surface area (Å²) in [4.78, 5) is 11.6. The van der Waals surface area contributed by atoms with Crippen molar-refractivity contribution in [1.29, 1.82) is 0 Å². The Hall–Kier alpha value is -0.330. The normalized spacial score (nSPS) is 22.9. The van der Waals surface area contributed by atoms with E-state index in [0.717, 1.165) is 13.0 Å². The van der Waals surface area contributed by atoms with Crippen LogP contribution in [0.15, 0.2) is 0 Å². The first-order chi connectivity index (χ1) is 8.74. The number of rotatable bonds is 5. The fourth-order valence-electron chi connectivity index (χ4n) is 1.70. The number of hydrogen-bond acceptors (Lipinski definition) is 4. The molecule has 19 heavy (non-hydrogen) atoms. The second kappa shape index (κ2) is 6.90. The summed E-state index contributed by atoms with van der Waals surface area (Å²) in [5.74, 6) is 0. The SMILES string of the molecule is CC(C)(C)OC(=O)NCC(C)(CBr)OC1CCOC1. The zero-order valence-corrected chi connectivity index (χ0v) is 13.7. The molecule has 5 nitrogen and oxygen atoms in total. The second-order valence-electron chi connectivity index (χ2n) is 6.04. The van der Waals surface area contributed by atoms with Gasteiger partial charge >= 0.3 is 6.09 Å². The molecule has 0 aromatic heterocycles. The first-order valence-corrected chi connectivity index (χ1v) is 7.65. The molecule has 1 fully saturated rings. The Morgan fingerprint density at radius 3 is 2.58 bits per heavy atom. The van der Waals surface area contributed by atoms with Crippen LogP contribution in [0.3, 0.4) is 0 Å². The number of hydrogen-bond donors (Lipinski definition) is 1. The van der Waals surface area contributed by atoms with Gasteiger partial charge < -0.3 is 19.5 Å². The largest absolute Gasteiger partial charge is 0.444 e. The van der Waals surface area contributed by atoms with Crippen molar-refractivity contribution >= 4 is 22.0 Å². The number of alkyl halides is 1. The Bertz CT molecular complexity index is 300. The molecule has 0 aromatic rings. The van der Waals surface area contributed by atoms with Crippen LogP contribution in [-0.4, -0.2) is 48.5 Å². The Morgan fingerprint density at radius 2 is 2.11 bits per heavy atom. The number of carbonyl (C=O) groups excluding carboxylic acids is 1. The van der Waals surface area contributed by atoms with E-state index in [9.17, 15) is 4.79 Å². The van der Waals surface area contributed by atoms with E-state index in [4.69, 9.17) is 14.2 Å². The maximum Gasteiger partial charge on any atom is 0.407 e.